The third-order valence-corrected chi connectivity index (χ3v) is 3.88. The topological polar surface area (TPSA) is 34.5 Å². The minimum absolute atomic E-state index is 0.0643. The van der Waals surface area contributed by atoms with Crippen LogP contribution >= 0.6 is 0 Å². The molecule has 0 N–H and O–H groups in total. The molecule has 1 heterocycles. The van der Waals surface area contributed by atoms with E-state index in [4.69, 9.17) is 4.74 Å². The maximum Gasteiger partial charge on any atom is 0.328 e. The van der Waals surface area contributed by atoms with Gasteiger partial charge in [-0.25, -0.2) is 4.79 Å². The van der Waals surface area contributed by atoms with E-state index >= 15 is 0 Å². The van der Waals surface area contributed by atoms with Gasteiger partial charge in [-0.1, -0.05) is 36.4 Å². The number of aromatic nitrogens is 1. The van der Waals surface area contributed by atoms with Gasteiger partial charge in [-0.2, -0.15) is 0 Å². The van der Waals surface area contributed by atoms with Crippen LogP contribution in [0.25, 0.3) is 23.1 Å². The number of methoxy groups -OCH3 is 1. The van der Waals surface area contributed by atoms with Crippen LogP contribution in [0.2, 0.25) is 0 Å². The van der Waals surface area contributed by atoms with E-state index in [2.05, 4.69) is 0 Å². The number of amides is 1. The van der Waals surface area contributed by atoms with Gasteiger partial charge in [0, 0.05) is 19.5 Å². The van der Waals surface area contributed by atoms with Gasteiger partial charge < -0.3 is 9.64 Å². The summed E-state index contributed by atoms with van der Waals surface area (Å²) in [5, 5.41) is 1.04. The van der Waals surface area contributed by atoms with Crippen molar-refractivity contribution in [3.05, 3.63) is 65.9 Å². The highest BCUT2D eigenvalue weighted by Gasteiger charge is 2.14. The summed E-state index contributed by atoms with van der Waals surface area (Å²) in [5.74, 6) is 0.823. The molecule has 0 aliphatic carbocycles. The summed E-state index contributed by atoms with van der Waals surface area (Å²) >= 11 is 0. The molecule has 2 aromatic carbocycles. The molecule has 3 rings (SSSR count). The predicted octanol–water partition coefficient (Wildman–Crippen LogP) is 4.35. The first-order chi connectivity index (χ1) is 11.6. The number of ether oxygens (including phenoxy) is 1. The van der Waals surface area contributed by atoms with E-state index < -0.39 is 0 Å². The molecule has 24 heavy (non-hydrogen) atoms. The van der Waals surface area contributed by atoms with Crippen molar-refractivity contribution in [3.63, 3.8) is 0 Å². The molecule has 3 aromatic rings. The quantitative estimate of drug-likeness (QED) is 0.719. The predicted molar refractivity (Wildman–Crippen MR) is 98.3 cm³/mol. The summed E-state index contributed by atoms with van der Waals surface area (Å²) in [7, 11) is 5.16. The number of hydrogen-bond acceptors (Lipinski definition) is 2. The fourth-order valence-electron chi connectivity index (χ4n) is 2.61. The number of benzene rings is 2. The van der Waals surface area contributed by atoms with E-state index in [0.717, 1.165) is 27.9 Å². The van der Waals surface area contributed by atoms with Crippen molar-refractivity contribution in [2.24, 2.45) is 0 Å². The number of rotatable bonds is 3. The Morgan fingerprint density at radius 1 is 1.04 bits per heavy atom. The summed E-state index contributed by atoms with van der Waals surface area (Å²) in [6.07, 6.45) is 3.95. The molecule has 0 aliphatic heterocycles. The van der Waals surface area contributed by atoms with Crippen molar-refractivity contribution in [1.82, 2.24) is 9.47 Å². The zero-order chi connectivity index (χ0) is 17.1. The lowest BCUT2D eigenvalue weighted by Gasteiger charge is -2.13. The molecule has 0 saturated carbocycles. The van der Waals surface area contributed by atoms with Gasteiger partial charge in [0.2, 0.25) is 0 Å². The molecule has 4 nitrogen and oxygen atoms in total. The Morgan fingerprint density at radius 3 is 2.42 bits per heavy atom. The second-order valence-corrected chi connectivity index (χ2v) is 5.75. The number of hydrogen-bond donors (Lipinski definition) is 0. The first kappa shape index (κ1) is 15.9. The molecule has 0 saturated heterocycles. The minimum atomic E-state index is -0.0643. The number of carbonyl (C=O) groups is 1. The third kappa shape index (κ3) is 3.04. The molecule has 1 amide bonds. The Kier molecular flexibility index (Phi) is 4.38. The number of fused-ring (bicyclic) bond motifs is 1. The van der Waals surface area contributed by atoms with Crippen molar-refractivity contribution in [1.29, 1.82) is 0 Å². The van der Waals surface area contributed by atoms with Gasteiger partial charge in [-0.3, -0.25) is 4.57 Å². The van der Waals surface area contributed by atoms with Crippen LogP contribution in [0.4, 0.5) is 4.79 Å². The van der Waals surface area contributed by atoms with E-state index in [-0.39, 0.29) is 6.03 Å². The molecule has 0 bridgehead atoms. The van der Waals surface area contributed by atoms with Gasteiger partial charge in [0.15, 0.2) is 0 Å². The Labute approximate surface area is 141 Å². The van der Waals surface area contributed by atoms with Crippen LogP contribution in [0.15, 0.2) is 54.6 Å². The summed E-state index contributed by atoms with van der Waals surface area (Å²) in [5.41, 5.74) is 2.81. The zero-order valence-corrected chi connectivity index (χ0v) is 14.1. The van der Waals surface area contributed by atoms with Crippen LogP contribution in [0.3, 0.4) is 0 Å². The minimum Gasteiger partial charge on any atom is -0.497 e. The number of carbonyl (C=O) groups excluding carboxylic acids is 1. The summed E-state index contributed by atoms with van der Waals surface area (Å²) in [6, 6.07) is 17.7. The highest BCUT2D eigenvalue weighted by molar-refractivity contribution is 5.95. The van der Waals surface area contributed by atoms with Gasteiger partial charge in [0.1, 0.15) is 5.75 Å². The average molecular weight is 320 g/mol. The summed E-state index contributed by atoms with van der Waals surface area (Å²) < 4.78 is 6.90. The number of para-hydroxylation sites is 1. The van der Waals surface area contributed by atoms with Crippen molar-refractivity contribution in [2.45, 2.75) is 0 Å². The molecule has 1 aromatic heterocycles. The van der Waals surface area contributed by atoms with Crippen molar-refractivity contribution in [2.75, 3.05) is 21.2 Å². The van der Waals surface area contributed by atoms with Crippen LogP contribution in [0, 0.1) is 0 Å². The van der Waals surface area contributed by atoms with E-state index in [9.17, 15) is 4.79 Å². The molecule has 4 heteroatoms. The van der Waals surface area contributed by atoms with Crippen LogP contribution in [0.5, 0.6) is 5.75 Å². The molecule has 0 atom stereocenters. The highest BCUT2D eigenvalue weighted by Crippen LogP contribution is 2.22. The van der Waals surface area contributed by atoms with Gasteiger partial charge in [-0.05, 0) is 35.9 Å². The van der Waals surface area contributed by atoms with Crippen LogP contribution in [-0.4, -0.2) is 36.7 Å². The first-order valence-electron chi connectivity index (χ1n) is 7.74. The van der Waals surface area contributed by atoms with Gasteiger partial charge in [0.05, 0.1) is 18.3 Å². The zero-order valence-electron chi connectivity index (χ0n) is 14.1. The fraction of sp³-hybridized carbons (Fsp3) is 0.150. The Balaban J connectivity index is 2.03. The Morgan fingerprint density at radius 2 is 1.75 bits per heavy atom. The van der Waals surface area contributed by atoms with E-state index in [1.54, 1.807) is 30.7 Å². The van der Waals surface area contributed by atoms with E-state index in [0.29, 0.717) is 0 Å². The second-order valence-electron chi connectivity index (χ2n) is 5.75. The first-order valence-corrected chi connectivity index (χ1v) is 7.74. The SMILES string of the molecule is COc1ccc(/C=C/c2cc3ccccc3n2C(=O)N(C)C)cc1. The molecule has 0 spiro atoms. The largest absolute Gasteiger partial charge is 0.497 e. The van der Waals surface area contributed by atoms with Gasteiger partial charge in [0.25, 0.3) is 0 Å². The summed E-state index contributed by atoms with van der Waals surface area (Å²) in [4.78, 5) is 14.2. The lowest BCUT2D eigenvalue weighted by Crippen LogP contribution is -2.27. The van der Waals surface area contributed by atoms with E-state index in [1.807, 2.05) is 66.7 Å². The standard InChI is InChI=1S/C20H20N2O2/c1-21(2)20(23)22-17(14-16-6-4-5-7-19(16)22)11-8-15-9-12-18(24-3)13-10-15/h4-14H,1-3H3/b11-8+. The second kappa shape index (κ2) is 6.62. The third-order valence-electron chi connectivity index (χ3n) is 3.88. The molecular weight excluding hydrogens is 300 g/mol. The molecule has 0 aliphatic rings. The average Bonchev–Trinajstić information content (AvgIpc) is 2.97. The smallest absolute Gasteiger partial charge is 0.328 e. The number of nitrogens with zero attached hydrogens (tertiary/aromatic N) is 2. The Bertz CT molecular complexity index is 890. The van der Waals surface area contributed by atoms with Crippen LogP contribution < -0.4 is 4.74 Å². The van der Waals surface area contributed by atoms with Crippen LogP contribution in [0.1, 0.15) is 11.3 Å². The maximum atomic E-state index is 12.6. The van der Waals surface area contributed by atoms with Crippen molar-refractivity contribution in [3.8, 4) is 5.75 Å². The van der Waals surface area contributed by atoms with Crippen LogP contribution in [-0.2, 0) is 0 Å². The Hall–Kier alpha value is -3.01. The fourth-order valence-corrected chi connectivity index (χ4v) is 2.61. The van der Waals surface area contributed by atoms with Crippen molar-refractivity contribution < 1.29 is 9.53 Å². The van der Waals surface area contributed by atoms with Gasteiger partial charge in [-0.15, -0.1) is 0 Å². The molecule has 0 unspecified atom stereocenters. The van der Waals surface area contributed by atoms with Gasteiger partial charge >= 0.3 is 6.03 Å². The molecule has 0 radical (unpaired) electrons. The lowest BCUT2D eigenvalue weighted by atomic mass is 10.2. The maximum absolute atomic E-state index is 12.6. The van der Waals surface area contributed by atoms with E-state index in [1.165, 1.54) is 0 Å². The molecular formula is C20H20N2O2. The van der Waals surface area contributed by atoms with Crippen molar-refractivity contribution >= 4 is 29.1 Å². The monoisotopic (exact) mass is 320 g/mol. The molecule has 122 valence electrons. The lowest BCUT2D eigenvalue weighted by molar-refractivity contribution is 0.220. The normalized spacial score (nSPS) is 11.1. The summed E-state index contributed by atoms with van der Waals surface area (Å²) in [6.45, 7) is 0. The highest BCUT2D eigenvalue weighted by atomic mass is 16.5. The molecule has 0 fully saturated rings.